The van der Waals surface area contributed by atoms with Gasteiger partial charge in [-0.1, -0.05) is 0 Å². The van der Waals surface area contributed by atoms with Crippen LogP contribution in [0.25, 0.3) is 0 Å². The highest BCUT2D eigenvalue weighted by molar-refractivity contribution is 5.95. The van der Waals surface area contributed by atoms with Gasteiger partial charge in [0.25, 0.3) is 0 Å². The van der Waals surface area contributed by atoms with E-state index in [4.69, 9.17) is 10.5 Å². The average Bonchev–Trinajstić information content (AvgIpc) is 2.77. The highest BCUT2D eigenvalue weighted by Crippen LogP contribution is 2.18. The molecule has 2 aromatic rings. The van der Waals surface area contributed by atoms with Crippen molar-refractivity contribution in [3.8, 4) is 0 Å². The summed E-state index contributed by atoms with van der Waals surface area (Å²) in [5, 5.41) is 10.9. The summed E-state index contributed by atoms with van der Waals surface area (Å²) in [6.45, 7) is -0.245. The van der Waals surface area contributed by atoms with E-state index in [1.54, 1.807) is 7.05 Å². The van der Waals surface area contributed by atoms with Gasteiger partial charge in [-0.15, -0.1) is 10.2 Å². The summed E-state index contributed by atoms with van der Waals surface area (Å²) in [7, 11) is 1.55. The summed E-state index contributed by atoms with van der Waals surface area (Å²) >= 11 is 0. The van der Waals surface area contributed by atoms with Crippen LogP contribution in [-0.2, 0) is 18.4 Å². The third-order valence-electron chi connectivity index (χ3n) is 2.19. The molecule has 0 spiro atoms. The zero-order valence-corrected chi connectivity index (χ0v) is 9.80. The maximum absolute atomic E-state index is 13.0. The minimum absolute atomic E-state index is 0.178. The second-order valence-corrected chi connectivity index (χ2v) is 3.62. The number of aryl methyl sites for hydroxylation is 1. The number of esters is 1. The lowest BCUT2D eigenvalue weighted by Gasteiger charge is -2.05. The Balaban J connectivity index is 2.10. The highest BCUT2D eigenvalue weighted by Gasteiger charge is 2.16. The van der Waals surface area contributed by atoms with E-state index in [9.17, 15) is 13.6 Å². The normalized spacial score (nSPS) is 10.5. The molecule has 1 heterocycles. The Labute approximate surface area is 106 Å². The van der Waals surface area contributed by atoms with Gasteiger partial charge in [0.05, 0.1) is 12.6 Å². The SMILES string of the molecule is Cn1nnc(COC(=O)c2cc(F)c(F)cc2N)n1. The third kappa shape index (κ3) is 2.81. The van der Waals surface area contributed by atoms with Gasteiger partial charge < -0.3 is 10.5 Å². The van der Waals surface area contributed by atoms with Crippen LogP contribution < -0.4 is 5.73 Å². The van der Waals surface area contributed by atoms with E-state index in [1.807, 2.05) is 0 Å². The first-order chi connectivity index (χ1) is 8.97. The lowest BCUT2D eigenvalue weighted by molar-refractivity contribution is 0.0462. The molecule has 19 heavy (non-hydrogen) atoms. The molecule has 0 radical (unpaired) electrons. The number of tetrazole rings is 1. The number of nitrogen functional groups attached to an aromatic ring is 1. The zero-order chi connectivity index (χ0) is 14.0. The monoisotopic (exact) mass is 269 g/mol. The fraction of sp³-hybridized carbons (Fsp3) is 0.200. The van der Waals surface area contributed by atoms with E-state index in [0.717, 1.165) is 0 Å². The van der Waals surface area contributed by atoms with E-state index < -0.39 is 17.6 Å². The molecule has 0 amide bonds. The fourth-order valence-electron chi connectivity index (χ4n) is 1.33. The number of nitrogens with zero attached hydrogens (tertiary/aromatic N) is 4. The van der Waals surface area contributed by atoms with Crippen molar-refractivity contribution in [1.29, 1.82) is 0 Å². The van der Waals surface area contributed by atoms with Crippen molar-refractivity contribution in [1.82, 2.24) is 20.2 Å². The molecule has 0 bridgehead atoms. The molecule has 0 aliphatic heterocycles. The van der Waals surface area contributed by atoms with Crippen LogP contribution in [0.1, 0.15) is 16.2 Å². The molecule has 0 unspecified atom stereocenters. The van der Waals surface area contributed by atoms with Crippen molar-refractivity contribution in [3.05, 3.63) is 35.2 Å². The standard InChI is InChI=1S/C10H9F2N5O2/c1-17-15-9(14-16-17)4-19-10(18)5-2-6(11)7(12)3-8(5)13/h2-3H,4,13H2,1H3. The maximum atomic E-state index is 13.0. The molecule has 1 aromatic heterocycles. The topological polar surface area (TPSA) is 95.9 Å². The summed E-state index contributed by atoms with van der Waals surface area (Å²) in [5.74, 6) is -3.04. The van der Waals surface area contributed by atoms with Gasteiger partial charge in [0.2, 0.25) is 5.82 Å². The number of aromatic nitrogens is 4. The molecule has 9 heteroatoms. The Kier molecular flexibility index (Phi) is 3.36. The fourth-order valence-corrected chi connectivity index (χ4v) is 1.33. The Morgan fingerprint density at radius 3 is 2.74 bits per heavy atom. The van der Waals surface area contributed by atoms with Crippen molar-refractivity contribution in [2.75, 3.05) is 5.73 Å². The van der Waals surface area contributed by atoms with Crippen LogP contribution in [0.3, 0.4) is 0 Å². The van der Waals surface area contributed by atoms with Crippen LogP contribution in [0, 0.1) is 11.6 Å². The first kappa shape index (κ1) is 12.9. The van der Waals surface area contributed by atoms with Crippen molar-refractivity contribution >= 4 is 11.7 Å². The number of carbonyl (C=O) groups is 1. The predicted octanol–water partition coefficient (Wildman–Crippen LogP) is 0.427. The molecule has 0 saturated carbocycles. The van der Waals surface area contributed by atoms with Crippen LogP contribution in [0.2, 0.25) is 0 Å². The Morgan fingerprint density at radius 2 is 2.11 bits per heavy atom. The molecule has 2 N–H and O–H groups in total. The summed E-state index contributed by atoms with van der Waals surface area (Å²) in [6.07, 6.45) is 0. The molecule has 2 rings (SSSR count). The molecule has 1 aromatic carbocycles. The van der Waals surface area contributed by atoms with E-state index >= 15 is 0 Å². The molecule has 0 saturated heterocycles. The van der Waals surface area contributed by atoms with Gasteiger partial charge in [0, 0.05) is 11.8 Å². The molecule has 0 aliphatic carbocycles. The first-order valence-corrected chi connectivity index (χ1v) is 5.12. The van der Waals surface area contributed by atoms with Gasteiger partial charge in [-0.3, -0.25) is 0 Å². The van der Waals surface area contributed by atoms with Gasteiger partial charge in [0.15, 0.2) is 18.2 Å². The predicted molar refractivity (Wildman–Crippen MR) is 58.7 cm³/mol. The minimum atomic E-state index is -1.18. The second-order valence-electron chi connectivity index (χ2n) is 3.62. The number of benzene rings is 1. The van der Waals surface area contributed by atoms with E-state index in [-0.39, 0.29) is 23.7 Å². The molecule has 0 fully saturated rings. The van der Waals surface area contributed by atoms with Gasteiger partial charge in [-0.05, 0) is 11.3 Å². The summed E-state index contributed by atoms with van der Waals surface area (Å²) < 4.78 is 30.7. The maximum Gasteiger partial charge on any atom is 0.340 e. The van der Waals surface area contributed by atoms with Gasteiger partial charge in [0.1, 0.15) is 0 Å². The summed E-state index contributed by atoms with van der Waals surface area (Å²) in [5.41, 5.74) is 4.94. The van der Waals surface area contributed by atoms with Crippen LogP contribution in [0.15, 0.2) is 12.1 Å². The van der Waals surface area contributed by atoms with Gasteiger partial charge >= 0.3 is 5.97 Å². The Morgan fingerprint density at radius 1 is 1.42 bits per heavy atom. The molecule has 7 nitrogen and oxygen atoms in total. The number of hydrogen-bond acceptors (Lipinski definition) is 6. The number of carbonyl (C=O) groups excluding carboxylic acids is 1. The molecule has 100 valence electrons. The van der Waals surface area contributed by atoms with Crippen LogP contribution in [0.5, 0.6) is 0 Å². The first-order valence-electron chi connectivity index (χ1n) is 5.12. The summed E-state index contributed by atoms with van der Waals surface area (Å²) in [6, 6.07) is 1.39. The van der Waals surface area contributed by atoms with Crippen LogP contribution in [-0.4, -0.2) is 26.2 Å². The number of ether oxygens (including phenoxy) is 1. The van der Waals surface area contributed by atoms with Crippen molar-refractivity contribution in [2.45, 2.75) is 6.61 Å². The number of nitrogens with two attached hydrogens (primary N) is 1. The van der Waals surface area contributed by atoms with Crippen molar-refractivity contribution < 1.29 is 18.3 Å². The Hall–Kier alpha value is -2.58. The summed E-state index contributed by atoms with van der Waals surface area (Å²) in [4.78, 5) is 12.8. The lowest BCUT2D eigenvalue weighted by Crippen LogP contribution is -2.10. The number of anilines is 1. The van der Waals surface area contributed by atoms with Crippen molar-refractivity contribution in [3.63, 3.8) is 0 Å². The van der Waals surface area contributed by atoms with E-state index in [0.29, 0.717) is 12.1 Å². The largest absolute Gasteiger partial charge is 0.454 e. The van der Waals surface area contributed by atoms with Crippen LogP contribution in [0.4, 0.5) is 14.5 Å². The smallest absolute Gasteiger partial charge is 0.340 e. The number of rotatable bonds is 3. The third-order valence-corrected chi connectivity index (χ3v) is 2.19. The average molecular weight is 269 g/mol. The lowest BCUT2D eigenvalue weighted by atomic mass is 10.1. The second kappa shape index (κ2) is 4.96. The minimum Gasteiger partial charge on any atom is -0.454 e. The highest BCUT2D eigenvalue weighted by atomic mass is 19.2. The number of hydrogen-bond donors (Lipinski definition) is 1. The molecule has 0 atom stereocenters. The Bertz CT molecular complexity index is 628. The number of halogens is 2. The quantitative estimate of drug-likeness (QED) is 0.641. The molecular weight excluding hydrogens is 260 g/mol. The van der Waals surface area contributed by atoms with Crippen LogP contribution >= 0.6 is 0 Å². The van der Waals surface area contributed by atoms with E-state index in [1.165, 1.54) is 4.80 Å². The zero-order valence-electron chi connectivity index (χ0n) is 9.80. The molecular formula is C10H9F2N5O2. The molecule has 0 aliphatic rings. The van der Waals surface area contributed by atoms with E-state index in [2.05, 4.69) is 15.4 Å². The van der Waals surface area contributed by atoms with Gasteiger partial charge in [-0.25, -0.2) is 13.6 Å². The van der Waals surface area contributed by atoms with Gasteiger partial charge in [-0.2, -0.15) is 4.80 Å². The van der Waals surface area contributed by atoms with Crippen molar-refractivity contribution in [2.24, 2.45) is 7.05 Å².